The van der Waals surface area contributed by atoms with Gasteiger partial charge in [-0.25, -0.2) is 0 Å². The number of hydrogen-bond donors (Lipinski definition) is 0. The molecule has 0 saturated heterocycles. The van der Waals surface area contributed by atoms with Crippen molar-refractivity contribution in [2.45, 2.75) is 18.9 Å². The van der Waals surface area contributed by atoms with Crippen molar-refractivity contribution in [1.29, 1.82) is 0 Å². The number of benzene rings is 2. The van der Waals surface area contributed by atoms with Crippen LogP contribution in [0.4, 0.5) is 0 Å². The summed E-state index contributed by atoms with van der Waals surface area (Å²) in [6.45, 7) is 1.55. The minimum Gasteiger partial charge on any atom is -0.493 e. The monoisotopic (exact) mass is 371 g/mol. The first-order valence-electron chi connectivity index (χ1n) is 8.97. The number of hydroxylamine groups is 2. The first-order chi connectivity index (χ1) is 13.1. The zero-order valence-corrected chi connectivity index (χ0v) is 16.4. The molecule has 0 radical (unpaired) electrons. The summed E-state index contributed by atoms with van der Waals surface area (Å²) in [4.78, 5) is 5.56. The Morgan fingerprint density at radius 3 is 2.11 bits per heavy atom. The third-order valence-corrected chi connectivity index (χ3v) is 5.58. The molecule has 0 fully saturated rings. The van der Waals surface area contributed by atoms with Crippen LogP contribution in [0.15, 0.2) is 18.2 Å². The van der Waals surface area contributed by atoms with Crippen LogP contribution in [0.25, 0.3) is 11.1 Å². The normalized spacial score (nSPS) is 17.7. The fourth-order valence-corrected chi connectivity index (χ4v) is 4.41. The van der Waals surface area contributed by atoms with Crippen LogP contribution in [-0.4, -0.2) is 47.2 Å². The molecule has 27 heavy (non-hydrogen) atoms. The Kier molecular flexibility index (Phi) is 4.61. The molecule has 1 unspecified atom stereocenters. The molecule has 4 rings (SSSR count). The number of fused-ring (bicyclic) bond motifs is 2. The summed E-state index contributed by atoms with van der Waals surface area (Å²) in [5, 5.41) is 1.99. The van der Waals surface area contributed by atoms with Gasteiger partial charge in [-0.2, -0.15) is 5.06 Å². The van der Waals surface area contributed by atoms with Crippen molar-refractivity contribution in [3.63, 3.8) is 0 Å². The molecule has 1 aliphatic carbocycles. The van der Waals surface area contributed by atoms with Crippen molar-refractivity contribution in [2.75, 3.05) is 42.1 Å². The van der Waals surface area contributed by atoms with Crippen LogP contribution < -0.4 is 18.9 Å². The van der Waals surface area contributed by atoms with E-state index in [2.05, 4.69) is 12.1 Å². The maximum absolute atomic E-state index is 5.80. The number of nitrogens with zero attached hydrogens (tertiary/aromatic N) is 1. The molecule has 2 aromatic carbocycles. The largest absolute Gasteiger partial charge is 0.493 e. The van der Waals surface area contributed by atoms with E-state index in [-0.39, 0.29) is 0 Å². The van der Waals surface area contributed by atoms with Crippen molar-refractivity contribution in [3.05, 3.63) is 34.9 Å². The Hall–Kier alpha value is -2.44. The highest BCUT2D eigenvalue weighted by Gasteiger charge is 2.37. The molecule has 144 valence electrons. The van der Waals surface area contributed by atoms with E-state index in [1.807, 2.05) is 11.1 Å². The van der Waals surface area contributed by atoms with Gasteiger partial charge in [0.2, 0.25) is 0 Å². The summed E-state index contributed by atoms with van der Waals surface area (Å²) < 4.78 is 22.5. The lowest BCUT2D eigenvalue weighted by Crippen LogP contribution is -2.35. The summed E-state index contributed by atoms with van der Waals surface area (Å²) in [5.41, 5.74) is 5.94. The number of methoxy groups -OCH3 is 4. The fourth-order valence-electron chi connectivity index (χ4n) is 4.41. The molecule has 1 atom stereocenters. The van der Waals surface area contributed by atoms with E-state index in [9.17, 15) is 0 Å². The Labute approximate surface area is 159 Å². The van der Waals surface area contributed by atoms with Gasteiger partial charge >= 0.3 is 0 Å². The van der Waals surface area contributed by atoms with Crippen molar-refractivity contribution in [3.8, 4) is 34.1 Å². The molecule has 0 aromatic heterocycles. The van der Waals surface area contributed by atoms with E-state index in [4.69, 9.17) is 23.8 Å². The van der Waals surface area contributed by atoms with Crippen LogP contribution in [0.2, 0.25) is 0 Å². The van der Waals surface area contributed by atoms with Crippen LogP contribution in [0.1, 0.15) is 22.6 Å². The van der Waals surface area contributed by atoms with Gasteiger partial charge in [0, 0.05) is 24.6 Å². The molecule has 6 nitrogen and oxygen atoms in total. The zero-order chi connectivity index (χ0) is 19.1. The van der Waals surface area contributed by atoms with Gasteiger partial charge in [-0.3, -0.25) is 0 Å². The SMILES string of the molecule is COc1cc2c(cc1OC)-c1c(OC)c(OC)cc3c1C(C2)CN(OC)C3. The van der Waals surface area contributed by atoms with E-state index < -0.39 is 0 Å². The summed E-state index contributed by atoms with van der Waals surface area (Å²) in [5.74, 6) is 3.25. The Balaban J connectivity index is 2.02. The maximum Gasteiger partial charge on any atom is 0.168 e. The Bertz CT molecular complexity index is 880. The summed E-state index contributed by atoms with van der Waals surface area (Å²) in [6, 6.07) is 6.19. The van der Waals surface area contributed by atoms with Crippen LogP contribution in [0, 0.1) is 0 Å². The van der Waals surface area contributed by atoms with Gasteiger partial charge in [0.05, 0.1) is 35.5 Å². The Morgan fingerprint density at radius 2 is 1.48 bits per heavy atom. The zero-order valence-electron chi connectivity index (χ0n) is 16.4. The molecule has 0 saturated carbocycles. The highest BCUT2D eigenvalue weighted by Crippen LogP contribution is 2.53. The Morgan fingerprint density at radius 1 is 0.815 bits per heavy atom. The highest BCUT2D eigenvalue weighted by molar-refractivity contribution is 5.85. The standard InChI is InChI=1S/C21H25NO5/c1-23-16-7-12-6-13-10-22(27-5)11-14-8-18(25-3)21(26-4)20(19(13)14)15(12)9-17(16)24-2/h7-9,13H,6,10-11H2,1-5H3. The van der Waals surface area contributed by atoms with Gasteiger partial charge < -0.3 is 23.8 Å². The van der Waals surface area contributed by atoms with E-state index in [0.717, 1.165) is 47.9 Å². The fraction of sp³-hybridized carbons (Fsp3) is 0.429. The van der Waals surface area contributed by atoms with Gasteiger partial charge in [-0.05, 0) is 46.9 Å². The molecule has 2 aromatic rings. The van der Waals surface area contributed by atoms with Gasteiger partial charge in [0.15, 0.2) is 23.0 Å². The van der Waals surface area contributed by atoms with Crippen molar-refractivity contribution in [2.24, 2.45) is 0 Å². The lowest BCUT2D eigenvalue weighted by molar-refractivity contribution is -0.147. The maximum atomic E-state index is 5.80. The number of hydrogen-bond acceptors (Lipinski definition) is 6. The first-order valence-corrected chi connectivity index (χ1v) is 8.97. The number of rotatable bonds is 5. The number of ether oxygens (including phenoxy) is 4. The molecular weight excluding hydrogens is 346 g/mol. The second kappa shape index (κ2) is 6.94. The highest BCUT2D eigenvalue weighted by atomic mass is 16.7. The molecule has 2 aliphatic rings. The van der Waals surface area contributed by atoms with Crippen molar-refractivity contribution < 1.29 is 23.8 Å². The van der Waals surface area contributed by atoms with Crippen molar-refractivity contribution in [1.82, 2.24) is 5.06 Å². The molecule has 0 N–H and O–H groups in total. The quantitative estimate of drug-likeness (QED) is 0.803. The van der Waals surface area contributed by atoms with E-state index >= 15 is 0 Å². The van der Waals surface area contributed by atoms with E-state index in [1.54, 1.807) is 35.5 Å². The average Bonchev–Trinajstić information content (AvgIpc) is 2.71. The average molecular weight is 371 g/mol. The molecule has 1 aliphatic heterocycles. The van der Waals surface area contributed by atoms with Crippen LogP contribution in [0.5, 0.6) is 23.0 Å². The molecule has 1 heterocycles. The van der Waals surface area contributed by atoms with E-state index in [1.165, 1.54) is 16.7 Å². The summed E-state index contributed by atoms with van der Waals surface area (Å²) in [7, 11) is 8.40. The smallest absolute Gasteiger partial charge is 0.168 e. The molecule has 0 bridgehead atoms. The molecule has 6 heteroatoms. The first kappa shape index (κ1) is 17.9. The van der Waals surface area contributed by atoms with Crippen molar-refractivity contribution >= 4 is 0 Å². The summed E-state index contributed by atoms with van der Waals surface area (Å²) in [6.07, 6.45) is 0.908. The molecule has 0 amide bonds. The van der Waals surface area contributed by atoms with Gasteiger partial charge in [0.25, 0.3) is 0 Å². The van der Waals surface area contributed by atoms with Gasteiger partial charge in [-0.15, -0.1) is 0 Å². The molecular formula is C21H25NO5. The third-order valence-electron chi connectivity index (χ3n) is 5.58. The minimum atomic E-state index is 0.314. The molecule has 0 spiro atoms. The lowest BCUT2D eigenvalue weighted by atomic mass is 9.74. The topological polar surface area (TPSA) is 49.4 Å². The predicted molar refractivity (Wildman–Crippen MR) is 102 cm³/mol. The minimum absolute atomic E-state index is 0.314. The summed E-state index contributed by atoms with van der Waals surface area (Å²) >= 11 is 0. The third kappa shape index (κ3) is 2.71. The van der Waals surface area contributed by atoms with Crippen LogP contribution in [0.3, 0.4) is 0 Å². The van der Waals surface area contributed by atoms with Crippen LogP contribution in [-0.2, 0) is 17.8 Å². The van der Waals surface area contributed by atoms with Gasteiger partial charge in [0.1, 0.15) is 0 Å². The lowest BCUT2D eigenvalue weighted by Gasteiger charge is -2.39. The second-order valence-electron chi connectivity index (χ2n) is 6.83. The van der Waals surface area contributed by atoms with Crippen LogP contribution >= 0.6 is 0 Å². The van der Waals surface area contributed by atoms with Gasteiger partial charge in [-0.1, -0.05) is 0 Å². The second-order valence-corrected chi connectivity index (χ2v) is 6.83. The predicted octanol–water partition coefficient (Wildman–Crippen LogP) is 3.40. The van der Waals surface area contributed by atoms with E-state index in [0.29, 0.717) is 11.7 Å².